The van der Waals surface area contributed by atoms with Gasteiger partial charge in [-0.15, -0.1) is 0 Å². The molecule has 7 heteroatoms. The summed E-state index contributed by atoms with van der Waals surface area (Å²) in [6.07, 6.45) is 3.58. The number of ether oxygens (including phenoxy) is 3. The third-order valence-electron chi connectivity index (χ3n) is 7.25. The summed E-state index contributed by atoms with van der Waals surface area (Å²) in [4.78, 5) is 2.09. The second-order valence-corrected chi connectivity index (χ2v) is 9.93. The summed E-state index contributed by atoms with van der Waals surface area (Å²) >= 11 is 0. The summed E-state index contributed by atoms with van der Waals surface area (Å²) in [5, 5.41) is 13.4. The number of likely N-dealkylation sites (N-methyl/N-ethyl adjacent to an activating group) is 1. The maximum Gasteiger partial charge on any atom is 0.165 e. The van der Waals surface area contributed by atoms with E-state index in [9.17, 15) is 9.50 Å². The van der Waals surface area contributed by atoms with Crippen LogP contribution in [0.15, 0.2) is 54.6 Å². The van der Waals surface area contributed by atoms with Crippen molar-refractivity contribution in [3.05, 3.63) is 82.7 Å². The molecule has 2 N–H and O–H groups in total. The molecule has 0 bridgehead atoms. The van der Waals surface area contributed by atoms with Gasteiger partial charge in [-0.25, -0.2) is 4.39 Å². The van der Waals surface area contributed by atoms with Crippen LogP contribution in [-0.4, -0.2) is 64.1 Å². The highest BCUT2D eigenvalue weighted by Gasteiger charge is 2.23. The number of aryl methyl sites for hydroxylation is 1. The Morgan fingerprint density at radius 3 is 2.63 bits per heavy atom. The lowest BCUT2D eigenvalue weighted by Crippen LogP contribution is -2.27. The number of methoxy groups -OCH3 is 2. The fourth-order valence-electron chi connectivity index (χ4n) is 5.01. The molecule has 0 aromatic heterocycles. The van der Waals surface area contributed by atoms with Crippen LogP contribution >= 0.6 is 0 Å². The lowest BCUT2D eigenvalue weighted by Gasteiger charge is -2.27. The van der Waals surface area contributed by atoms with Crippen LogP contribution in [0.2, 0.25) is 0 Å². The van der Waals surface area contributed by atoms with Gasteiger partial charge in [0.1, 0.15) is 18.1 Å². The number of hydrogen-bond donors (Lipinski definition) is 2. The van der Waals surface area contributed by atoms with E-state index in [1.54, 1.807) is 32.4 Å². The van der Waals surface area contributed by atoms with Crippen LogP contribution in [-0.2, 0) is 24.0 Å². The third kappa shape index (κ3) is 7.39. The highest BCUT2D eigenvalue weighted by Crippen LogP contribution is 2.38. The molecule has 1 unspecified atom stereocenters. The first-order valence-corrected chi connectivity index (χ1v) is 13.3. The Bertz CT molecular complexity index is 1200. The highest BCUT2D eigenvalue weighted by atomic mass is 19.1. The van der Waals surface area contributed by atoms with E-state index >= 15 is 0 Å². The number of fused-ring (bicyclic) bond motifs is 1. The summed E-state index contributed by atoms with van der Waals surface area (Å²) in [6.45, 7) is 3.25. The smallest absolute Gasteiger partial charge is 0.165 e. The molecule has 3 aromatic rings. The number of aromatic hydroxyl groups is 1. The predicted molar refractivity (Wildman–Crippen MR) is 149 cm³/mol. The monoisotopic (exact) mass is 522 g/mol. The van der Waals surface area contributed by atoms with Gasteiger partial charge in [-0.2, -0.15) is 0 Å². The average Bonchev–Trinajstić information content (AvgIpc) is 2.92. The number of anilines is 1. The molecule has 0 saturated carbocycles. The van der Waals surface area contributed by atoms with Crippen molar-refractivity contribution in [2.24, 2.45) is 0 Å². The maximum atomic E-state index is 14.7. The largest absolute Gasteiger partial charge is 0.508 e. The number of benzene rings is 3. The molecular formula is C31H39FN2O4. The van der Waals surface area contributed by atoms with E-state index in [1.807, 2.05) is 37.4 Å². The van der Waals surface area contributed by atoms with Crippen LogP contribution in [0.4, 0.5) is 10.1 Å². The molecule has 204 valence electrons. The molecule has 6 nitrogen and oxygen atoms in total. The molecule has 1 aliphatic carbocycles. The third-order valence-corrected chi connectivity index (χ3v) is 7.25. The SMILES string of the molecule is COCCN(C)CCOc1ccc(CCNc2cc(OC)ccc2C2CCc3cc(O)ccc3C2)cc1F. The van der Waals surface area contributed by atoms with Gasteiger partial charge in [0.05, 0.1) is 13.7 Å². The Morgan fingerprint density at radius 2 is 1.84 bits per heavy atom. The zero-order chi connectivity index (χ0) is 26.9. The van der Waals surface area contributed by atoms with Crippen LogP contribution in [0.25, 0.3) is 0 Å². The number of phenols is 1. The van der Waals surface area contributed by atoms with Crippen molar-refractivity contribution < 1.29 is 23.7 Å². The van der Waals surface area contributed by atoms with Gasteiger partial charge in [-0.05, 0) is 91.2 Å². The maximum absolute atomic E-state index is 14.7. The number of rotatable bonds is 13. The van der Waals surface area contributed by atoms with Crippen LogP contribution in [0, 0.1) is 5.82 Å². The van der Waals surface area contributed by atoms with E-state index in [0.717, 1.165) is 42.8 Å². The van der Waals surface area contributed by atoms with Gasteiger partial charge in [-0.3, -0.25) is 0 Å². The predicted octanol–water partition coefficient (Wildman–Crippen LogP) is 5.42. The lowest BCUT2D eigenvalue weighted by atomic mass is 9.79. The zero-order valence-corrected chi connectivity index (χ0v) is 22.6. The van der Waals surface area contributed by atoms with Crippen molar-refractivity contribution in [1.82, 2.24) is 4.90 Å². The molecule has 0 amide bonds. The van der Waals surface area contributed by atoms with Crippen molar-refractivity contribution >= 4 is 5.69 Å². The Labute approximate surface area is 225 Å². The van der Waals surface area contributed by atoms with E-state index in [-0.39, 0.29) is 11.6 Å². The standard InChI is InChI=1S/C31H39FN2O4/c1-34(14-16-36-2)15-17-38-31-11-4-22(18-29(31)32)12-13-33-30-21-27(37-3)9-10-28(30)25-6-5-24-20-26(35)8-7-23(24)19-25/h4,7-11,18,20-21,25,33,35H,5-6,12-17,19H2,1-3H3. The number of hydrogen-bond acceptors (Lipinski definition) is 6. The fourth-order valence-corrected chi connectivity index (χ4v) is 5.01. The molecule has 0 heterocycles. The molecule has 1 aliphatic rings. The van der Waals surface area contributed by atoms with Crippen LogP contribution in [0.1, 0.15) is 34.6 Å². The Balaban J connectivity index is 1.35. The van der Waals surface area contributed by atoms with Gasteiger partial charge in [0.15, 0.2) is 11.6 Å². The fraction of sp³-hybridized carbons (Fsp3) is 0.419. The number of phenolic OH excluding ortho intramolecular Hbond substituents is 1. The summed E-state index contributed by atoms with van der Waals surface area (Å²) in [7, 11) is 5.34. The van der Waals surface area contributed by atoms with Crippen molar-refractivity contribution in [1.29, 1.82) is 0 Å². The Morgan fingerprint density at radius 1 is 1.00 bits per heavy atom. The number of nitrogens with zero attached hydrogens (tertiary/aromatic N) is 1. The van der Waals surface area contributed by atoms with Crippen LogP contribution < -0.4 is 14.8 Å². The summed E-state index contributed by atoms with van der Waals surface area (Å²) in [5.74, 6) is 1.45. The molecule has 38 heavy (non-hydrogen) atoms. The molecule has 0 spiro atoms. The average molecular weight is 523 g/mol. The molecule has 0 aliphatic heterocycles. The summed E-state index contributed by atoms with van der Waals surface area (Å²) < 4.78 is 30.9. The molecule has 3 aromatic carbocycles. The molecule has 0 saturated heterocycles. The normalized spacial score (nSPS) is 14.8. The zero-order valence-electron chi connectivity index (χ0n) is 22.6. The molecule has 4 rings (SSSR count). The topological polar surface area (TPSA) is 63.2 Å². The van der Waals surface area contributed by atoms with Gasteiger partial charge in [0.2, 0.25) is 0 Å². The molecule has 0 radical (unpaired) electrons. The second-order valence-electron chi connectivity index (χ2n) is 9.93. The van der Waals surface area contributed by atoms with Crippen molar-refractivity contribution in [2.45, 2.75) is 31.6 Å². The minimum Gasteiger partial charge on any atom is -0.508 e. The van der Waals surface area contributed by atoms with E-state index in [1.165, 1.54) is 16.7 Å². The minimum atomic E-state index is -0.337. The first-order chi connectivity index (χ1) is 18.5. The van der Waals surface area contributed by atoms with Crippen molar-refractivity contribution in [2.75, 3.05) is 59.4 Å². The quantitative estimate of drug-likeness (QED) is 0.312. The van der Waals surface area contributed by atoms with Crippen LogP contribution in [0.5, 0.6) is 17.2 Å². The molecule has 0 fully saturated rings. The van der Waals surface area contributed by atoms with E-state index in [0.29, 0.717) is 44.4 Å². The molecule has 1 atom stereocenters. The Kier molecular flexibility index (Phi) is 9.85. The lowest BCUT2D eigenvalue weighted by molar-refractivity contribution is 0.149. The summed E-state index contributed by atoms with van der Waals surface area (Å²) in [6, 6.07) is 17.1. The molecular weight excluding hydrogens is 483 g/mol. The van der Waals surface area contributed by atoms with Gasteiger partial charge in [-0.1, -0.05) is 18.2 Å². The van der Waals surface area contributed by atoms with Crippen molar-refractivity contribution in [3.8, 4) is 17.2 Å². The second kappa shape index (κ2) is 13.5. The highest BCUT2D eigenvalue weighted by molar-refractivity contribution is 5.58. The summed E-state index contributed by atoms with van der Waals surface area (Å²) in [5.41, 5.74) is 5.75. The van der Waals surface area contributed by atoms with E-state index < -0.39 is 0 Å². The number of nitrogens with one attached hydrogen (secondary N) is 1. The van der Waals surface area contributed by atoms with Gasteiger partial charge >= 0.3 is 0 Å². The minimum absolute atomic E-state index is 0.280. The van der Waals surface area contributed by atoms with Crippen LogP contribution in [0.3, 0.4) is 0 Å². The van der Waals surface area contributed by atoms with E-state index in [4.69, 9.17) is 14.2 Å². The number of halogens is 1. The first-order valence-electron chi connectivity index (χ1n) is 13.3. The van der Waals surface area contributed by atoms with E-state index in [2.05, 4.69) is 16.3 Å². The van der Waals surface area contributed by atoms with Gasteiger partial charge < -0.3 is 29.5 Å². The van der Waals surface area contributed by atoms with Gasteiger partial charge in [0.25, 0.3) is 0 Å². The van der Waals surface area contributed by atoms with Gasteiger partial charge in [0, 0.05) is 38.5 Å². The van der Waals surface area contributed by atoms with Crippen molar-refractivity contribution in [3.63, 3.8) is 0 Å². The Hall–Kier alpha value is -3.29. The first kappa shape index (κ1) is 27.7.